The molecule has 1 aliphatic rings. The monoisotopic (exact) mass is 317 g/mol. The van der Waals surface area contributed by atoms with Crippen LogP contribution in [0.3, 0.4) is 0 Å². The van der Waals surface area contributed by atoms with Crippen LogP contribution in [-0.4, -0.2) is 23.5 Å². The number of rotatable bonds is 3. The van der Waals surface area contributed by atoms with Crippen molar-refractivity contribution < 1.29 is 23.5 Å². The van der Waals surface area contributed by atoms with Gasteiger partial charge in [-0.3, -0.25) is 9.59 Å². The van der Waals surface area contributed by atoms with Crippen LogP contribution >= 0.6 is 0 Å². The number of carbonyl (C=O) groups is 2. The summed E-state index contributed by atoms with van der Waals surface area (Å²) in [7, 11) is 0. The SMILES string of the molecule is O=C(O)[C@H]1CN(C(=O)Cc2ccc(F)cc2F)c2ccccc21. The van der Waals surface area contributed by atoms with Crippen LogP contribution in [0, 0.1) is 11.6 Å². The van der Waals surface area contributed by atoms with E-state index in [1.54, 1.807) is 24.3 Å². The summed E-state index contributed by atoms with van der Waals surface area (Å²) in [5.74, 6) is -3.74. The van der Waals surface area contributed by atoms with Gasteiger partial charge in [0.2, 0.25) is 5.91 Å². The topological polar surface area (TPSA) is 57.6 Å². The van der Waals surface area contributed by atoms with Crippen LogP contribution in [0.15, 0.2) is 42.5 Å². The zero-order valence-corrected chi connectivity index (χ0v) is 12.0. The molecule has 0 unspecified atom stereocenters. The third-order valence-electron chi connectivity index (χ3n) is 3.92. The fourth-order valence-electron chi connectivity index (χ4n) is 2.78. The summed E-state index contributed by atoms with van der Waals surface area (Å²) in [5.41, 5.74) is 1.16. The molecule has 0 aromatic heterocycles. The van der Waals surface area contributed by atoms with E-state index in [9.17, 15) is 23.5 Å². The number of carboxylic acids is 1. The number of benzene rings is 2. The Morgan fingerprint density at radius 1 is 1.17 bits per heavy atom. The molecule has 23 heavy (non-hydrogen) atoms. The fraction of sp³-hybridized carbons (Fsp3) is 0.176. The Bertz CT molecular complexity index is 791. The first-order chi connectivity index (χ1) is 11.0. The van der Waals surface area contributed by atoms with Gasteiger partial charge < -0.3 is 10.0 Å². The van der Waals surface area contributed by atoms with Gasteiger partial charge in [0.05, 0.1) is 6.42 Å². The molecule has 0 aliphatic carbocycles. The fourth-order valence-corrected chi connectivity index (χ4v) is 2.78. The highest BCUT2D eigenvalue weighted by Crippen LogP contribution is 2.36. The third-order valence-corrected chi connectivity index (χ3v) is 3.92. The van der Waals surface area contributed by atoms with E-state index in [-0.39, 0.29) is 18.5 Å². The minimum absolute atomic E-state index is 0.0102. The summed E-state index contributed by atoms with van der Waals surface area (Å²) in [6.07, 6.45) is -0.257. The number of anilines is 1. The van der Waals surface area contributed by atoms with Gasteiger partial charge in [-0.2, -0.15) is 0 Å². The zero-order valence-electron chi connectivity index (χ0n) is 12.0. The molecule has 1 heterocycles. The number of nitrogens with zero attached hydrogens (tertiary/aromatic N) is 1. The molecule has 1 atom stereocenters. The van der Waals surface area contributed by atoms with Gasteiger partial charge >= 0.3 is 5.97 Å². The van der Waals surface area contributed by atoms with Crippen molar-refractivity contribution in [3.63, 3.8) is 0 Å². The summed E-state index contributed by atoms with van der Waals surface area (Å²) < 4.78 is 26.6. The average Bonchev–Trinajstić information content (AvgIpc) is 2.90. The van der Waals surface area contributed by atoms with Crippen molar-refractivity contribution in [3.05, 3.63) is 65.2 Å². The summed E-state index contributed by atoms with van der Waals surface area (Å²) in [6.45, 7) is 0.0102. The molecule has 0 saturated carbocycles. The van der Waals surface area contributed by atoms with Crippen molar-refractivity contribution in [1.29, 1.82) is 0 Å². The lowest BCUT2D eigenvalue weighted by Gasteiger charge is -2.17. The van der Waals surface area contributed by atoms with Crippen molar-refractivity contribution in [1.82, 2.24) is 0 Å². The van der Waals surface area contributed by atoms with E-state index in [1.807, 2.05) is 0 Å². The molecular formula is C17H13F2NO3. The summed E-state index contributed by atoms with van der Waals surface area (Å²) in [4.78, 5) is 25.1. The molecule has 2 aromatic rings. The Balaban J connectivity index is 1.87. The van der Waals surface area contributed by atoms with E-state index in [0.717, 1.165) is 12.1 Å². The van der Waals surface area contributed by atoms with E-state index in [1.165, 1.54) is 11.0 Å². The minimum atomic E-state index is -1.01. The van der Waals surface area contributed by atoms with Crippen LogP contribution in [0.25, 0.3) is 0 Å². The number of para-hydroxylation sites is 1. The smallest absolute Gasteiger partial charge is 0.312 e. The van der Waals surface area contributed by atoms with Gasteiger partial charge in [0, 0.05) is 18.3 Å². The summed E-state index contributed by atoms with van der Waals surface area (Å²) >= 11 is 0. The second-order valence-corrected chi connectivity index (χ2v) is 5.37. The predicted molar refractivity (Wildman–Crippen MR) is 79.2 cm³/mol. The number of aliphatic carboxylic acids is 1. The molecule has 1 aliphatic heterocycles. The maximum absolute atomic E-state index is 13.7. The standard InChI is InChI=1S/C17H13F2NO3/c18-11-6-5-10(14(19)8-11)7-16(21)20-9-13(17(22)23)12-3-1-2-4-15(12)20/h1-6,8,13H,7,9H2,(H,22,23)/t13-/m0/s1. The second-order valence-electron chi connectivity index (χ2n) is 5.37. The molecule has 4 nitrogen and oxygen atoms in total. The van der Waals surface area contributed by atoms with E-state index >= 15 is 0 Å². The molecule has 1 N–H and O–H groups in total. The van der Waals surface area contributed by atoms with Crippen molar-refractivity contribution >= 4 is 17.6 Å². The number of carbonyl (C=O) groups excluding carboxylic acids is 1. The molecule has 0 fully saturated rings. The molecule has 118 valence electrons. The van der Waals surface area contributed by atoms with E-state index in [4.69, 9.17) is 0 Å². The van der Waals surface area contributed by atoms with Crippen LogP contribution in [0.1, 0.15) is 17.0 Å². The van der Waals surface area contributed by atoms with Gasteiger partial charge in [-0.15, -0.1) is 0 Å². The highest BCUT2D eigenvalue weighted by molar-refractivity contribution is 5.99. The minimum Gasteiger partial charge on any atom is -0.481 e. The predicted octanol–water partition coefficient (Wildman–Crippen LogP) is 2.72. The lowest BCUT2D eigenvalue weighted by molar-refractivity contribution is -0.138. The first-order valence-electron chi connectivity index (χ1n) is 7.03. The molecular weight excluding hydrogens is 304 g/mol. The lowest BCUT2D eigenvalue weighted by Crippen LogP contribution is -2.32. The van der Waals surface area contributed by atoms with Crippen molar-refractivity contribution in [3.8, 4) is 0 Å². The third kappa shape index (κ3) is 2.79. The highest BCUT2D eigenvalue weighted by atomic mass is 19.1. The largest absolute Gasteiger partial charge is 0.481 e. The number of carboxylic acid groups (broad SMARTS) is 1. The molecule has 0 saturated heterocycles. The van der Waals surface area contributed by atoms with Gasteiger partial charge in [-0.05, 0) is 23.3 Å². The van der Waals surface area contributed by atoms with Crippen LogP contribution in [0.2, 0.25) is 0 Å². The maximum atomic E-state index is 13.7. The average molecular weight is 317 g/mol. The van der Waals surface area contributed by atoms with Crippen LogP contribution in [-0.2, 0) is 16.0 Å². The molecule has 6 heteroatoms. The number of fused-ring (bicyclic) bond motifs is 1. The zero-order chi connectivity index (χ0) is 16.6. The van der Waals surface area contributed by atoms with E-state index < -0.39 is 29.4 Å². The molecule has 1 amide bonds. The van der Waals surface area contributed by atoms with Crippen LogP contribution in [0.4, 0.5) is 14.5 Å². The highest BCUT2D eigenvalue weighted by Gasteiger charge is 2.36. The van der Waals surface area contributed by atoms with Crippen LogP contribution < -0.4 is 4.90 Å². The normalized spacial score (nSPS) is 16.3. The van der Waals surface area contributed by atoms with Gasteiger partial charge in [-0.25, -0.2) is 8.78 Å². The Labute approximate surface area is 131 Å². The number of halogens is 2. The van der Waals surface area contributed by atoms with Gasteiger partial charge in [0.15, 0.2) is 0 Å². The quantitative estimate of drug-likeness (QED) is 0.947. The Hall–Kier alpha value is -2.76. The first kappa shape index (κ1) is 15.1. The second kappa shape index (κ2) is 5.79. The molecule has 3 rings (SSSR count). The van der Waals surface area contributed by atoms with Crippen molar-refractivity contribution in [2.45, 2.75) is 12.3 Å². The van der Waals surface area contributed by atoms with Gasteiger partial charge in [-0.1, -0.05) is 24.3 Å². The number of amides is 1. The molecule has 2 aromatic carbocycles. The molecule has 0 bridgehead atoms. The maximum Gasteiger partial charge on any atom is 0.312 e. The van der Waals surface area contributed by atoms with E-state index in [2.05, 4.69) is 0 Å². The summed E-state index contributed by atoms with van der Waals surface area (Å²) in [5, 5.41) is 9.28. The summed E-state index contributed by atoms with van der Waals surface area (Å²) in [6, 6.07) is 9.78. The first-order valence-corrected chi connectivity index (χ1v) is 7.03. The Morgan fingerprint density at radius 2 is 1.91 bits per heavy atom. The van der Waals surface area contributed by atoms with Gasteiger partial charge in [0.25, 0.3) is 0 Å². The lowest BCUT2D eigenvalue weighted by atomic mass is 10.0. The van der Waals surface area contributed by atoms with Crippen molar-refractivity contribution in [2.75, 3.05) is 11.4 Å². The number of hydrogen-bond donors (Lipinski definition) is 1. The molecule has 0 radical (unpaired) electrons. The van der Waals surface area contributed by atoms with Gasteiger partial charge in [0.1, 0.15) is 17.6 Å². The molecule has 0 spiro atoms. The van der Waals surface area contributed by atoms with E-state index in [0.29, 0.717) is 11.3 Å². The van der Waals surface area contributed by atoms with Crippen LogP contribution in [0.5, 0.6) is 0 Å². The Kier molecular flexibility index (Phi) is 3.82. The van der Waals surface area contributed by atoms with Crippen molar-refractivity contribution in [2.24, 2.45) is 0 Å². The number of hydrogen-bond acceptors (Lipinski definition) is 2. The Morgan fingerprint density at radius 3 is 2.61 bits per heavy atom.